The van der Waals surface area contributed by atoms with E-state index >= 15 is 0 Å². The summed E-state index contributed by atoms with van der Waals surface area (Å²) in [6.45, 7) is 0. The maximum atomic E-state index is 13.6. The number of pyridine rings is 2. The highest BCUT2D eigenvalue weighted by Gasteiger charge is 2.19. The number of carbonyl (C=O) groups is 1. The van der Waals surface area contributed by atoms with Crippen molar-refractivity contribution in [2.45, 2.75) is 0 Å². The molecule has 0 aliphatic heterocycles. The van der Waals surface area contributed by atoms with Gasteiger partial charge in [-0.25, -0.2) is 18.9 Å². The molecule has 0 spiro atoms. The van der Waals surface area contributed by atoms with E-state index in [9.17, 15) is 9.18 Å². The number of halogens is 1. The average molecular weight is 476 g/mol. The Bertz CT molecular complexity index is 1680. The molecule has 5 heterocycles. The highest BCUT2D eigenvalue weighted by Crippen LogP contribution is 2.32. The van der Waals surface area contributed by atoms with Gasteiger partial charge in [-0.2, -0.15) is 5.10 Å². The lowest BCUT2D eigenvalue weighted by Crippen LogP contribution is -2.11. The topological polar surface area (TPSA) is 103 Å². The number of fused-ring (bicyclic) bond motifs is 1. The number of amides is 1. The van der Waals surface area contributed by atoms with Gasteiger partial charge in [0.15, 0.2) is 11.5 Å². The van der Waals surface area contributed by atoms with Crippen LogP contribution in [0.15, 0.2) is 98.0 Å². The Morgan fingerprint density at radius 3 is 2.53 bits per heavy atom. The monoisotopic (exact) mass is 476 g/mol. The van der Waals surface area contributed by atoms with E-state index in [1.807, 2.05) is 22.8 Å². The standard InChI is InChI=1S/C26H17FN8O/c27-19-5-3-17(4-6-19)24-25(34(16-30-24)20-2-1-11-29-14-20)21-7-8-23-31-22(15-35(23)33-21)32-26(36)18-9-12-28-13-10-18/h1-16H,(H,32,36). The summed E-state index contributed by atoms with van der Waals surface area (Å²) in [6, 6.07) is 16.8. The minimum absolute atomic E-state index is 0.297. The molecule has 5 aromatic heterocycles. The Morgan fingerprint density at radius 1 is 0.917 bits per heavy atom. The van der Waals surface area contributed by atoms with Gasteiger partial charge in [0.25, 0.3) is 5.91 Å². The van der Waals surface area contributed by atoms with E-state index in [4.69, 9.17) is 5.10 Å². The summed E-state index contributed by atoms with van der Waals surface area (Å²) < 4.78 is 17.0. The zero-order chi connectivity index (χ0) is 24.5. The predicted octanol–water partition coefficient (Wildman–Crippen LogP) is 4.43. The number of nitrogens with one attached hydrogen (secondary N) is 1. The highest BCUT2D eigenvalue weighted by molar-refractivity contribution is 6.03. The molecule has 10 heteroatoms. The lowest BCUT2D eigenvalue weighted by Gasteiger charge is -2.10. The van der Waals surface area contributed by atoms with Crippen LogP contribution in [0.4, 0.5) is 10.2 Å². The second kappa shape index (κ2) is 8.84. The zero-order valence-corrected chi connectivity index (χ0v) is 18.7. The van der Waals surface area contributed by atoms with Crippen molar-refractivity contribution in [2.75, 3.05) is 5.32 Å². The molecule has 36 heavy (non-hydrogen) atoms. The van der Waals surface area contributed by atoms with E-state index in [0.29, 0.717) is 34.1 Å². The number of aromatic nitrogens is 7. The van der Waals surface area contributed by atoms with Gasteiger partial charge in [-0.1, -0.05) is 0 Å². The van der Waals surface area contributed by atoms with Gasteiger partial charge in [-0.3, -0.25) is 19.3 Å². The molecule has 0 radical (unpaired) electrons. The number of nitrogens with zero attached hydrogens (tertiary/aromatic N) is 7. The van der Waals surface area contributed by atoms with Gasteiger partial charge in [0.05, 0.1) is 23.8 Å². The number of anilines is 1. The fraction of sp³-hybridized carbons (Fsp3) is 0. The molecule has 9 nitrogen and oxygen atoms in total. The second-order valence-electron chi connectivity index (χ2n) is 7.87. The normalized spacial score (nSPS) is 11.0. The van der Waals surface area contributed by atoms with Gasteiger partial charge in [0, 0.05) is 29.7 Å². The minimum Gasteiger partial charge on any atom is -0.305 e. The van der Waals surface area contributed by atoms with Crippen LogP contribution >= 0.6 is 0 Å². The minimum atomic E-state index is -0.328. The van der Waals surface area contributed by atoms with Gasteiger partial charge in [0.2, 0.25) is 0 Å². The van der Waals surface area contributed by atoms with Gasteiger partial charge < -0.3 is 5.32 Å². The second-order valence-corrected chi connectivity index (χ2v) is 7.87. The first-order valence-electron chi connectivity index (χ1n) is 11.0. The predicted molar refractivity (Wildman–Crippen MR) is 131 cm³/mol. The lowest BCUT2D eigenvalue weighted by molar-refractivity contribution is 0.102. The molecule has 0 unspecified atom stereocenters. The largest absolute Gasteiger partial charge is 0.305 e. The molecule has 6 aromatic rings. The molecule has 6 rings (SSSR count). The molecule has 0 aliphatic rings. The van der Waals surface area contributed by atoms with Crippen molar-refractivity contribution < 1.29 is 9.18 Å². The Balaban J connectivity index is 1.43. The van der Waals surface area contributed by atoms with Crippen LogP contribution in [0.5, 0.6) is 0 Å². The first kappa shape index (κ1) is 21.3. The molecule has 0 saturated carbocycles. The summed E-state index contributed by atoms with van der Waals surface area (Å²) in [4.78, 5) is 29.7. The van der Waals surface area contributed by atoms with Gasteiger partial charge in [0.1, 0.15) is 23.5 Å². The molecule has 0 saturated heterocycles. The SMILES string of the molecule is O=C(Nc1cn2nc(-c3c(-c4ccc(F)cc4)ncn3-c3cccnc3)ccc2n1)c1ccncc1. The van der Waals surface area contributed by atoms with Gasteiger partial charge >= 0.3 is 0 Å². The van der Waals surface area contributed by atoms with E-state index < -0.39 is 0 Å². The van der Waals surface area contributed by atoms with E-state index in [-0.39, 0.29) is 11.7 Å². The average Bonchev–Trinajstić information content (AvgIpc) is 3.54. The fourth-order valence-electron chi connectivity index (χ4n) is 3.86. The van der Waals surface area contributed by atoms with Crippen LogP contribution in [0.25, 0.3) is 34.0 Å². The van der Waals surface area contributed by atoms with Crippen LogP contribution in [-0.4, -0.2) is 40.0 Å². The van der Waals surface area contributed by atoms with E-state index in [1.165, 1.54) is 12.1 Å². The third kappa shape index (κ3) is 3.96. The Hall–Kier alpha value is -5.25. The first-order chi connectivity index (χ1) is 17.7. The maximum absolute atomic E-state index is 13.6. The summed E-state index contributed by atoms with van der Waals surface area (Å²) in [5.74, 6) is -0.262. The summed E-state index contributed by atoms with van der Waals surface area (Å²) in [5, 5.41) is 7.53. The van der Waals surface area contributed by atoms with Crippen LogP contribution in [-0.2, 0) is 0 Å². The third-order valence-electron chi connectivity index (χ3n) is 5.56. The van der Waals surface area contributed by atoms with Crippen molar-refractivity contribution in [1.82, 2.24) is 34.1 Å². The Labute approximate surface area is 204 Å². The summed E-state index contributed by atoms with van der Waals surface area (Å²) in [5.41, 5.74) is 4.51. The third-order valence-corrected chi connectivity index (χ3v) is 5.56. The maximum Gasteiger partial charge on any atom is 0.256 e. The molecule has 0 bridgehead atoms. The molecule has 0 fully saturated rings. The molecule has 1 amide bonds. The lowest BCUT2D eigenvalue weighted by atomic mass is 10.1. The molecule has 1 N–H and O–H groups in total. The fourth-order valence-corrected chi connectivity index (χ4v) is 3.86. The quantitative estimate of drug-likeness (QED) is 0.395. The summed E-state index contributed by atoms with van der Waals surface area (Å²) >= 11 is 0. The van der Waals surface area contributed by atoms with E-state index in [1.54, 1.807) is 72.2 Å². The number of imidazole rings is 2. The molecule has 0 aliphatic carbocycles. The molecule has 1 aromatic carbocycles. The van der Waals surface area contributed by atoms with Gasteiger partial charge in [-0.15, -0.1) is 0 Å². The van der Waals surface area contributed by atoms with Crippen LogP contribution in [0, 0.1) is 5.82 Å². The van der Waals surface area contributed by atoms with Crippen LogP contribution < -0.4 is 5.32 Å². The van der Waals surface area contributed by atoms with Crippen molar-refractivity contribution in [1.29, 1.82) is 0 Å². The number of rotatable bonds is 5. The van der Waals surface area contributed by atoms with Crippen LogP contribution in [0.2, 0.25) is 0 Å². The van der Waals surface area contributed by atoms with E-state index in [0.717, 1.165) is 11.3 Å². The molecular weight excluding hydrogens is 459 g/mol. The number of hydrogen-bond donors (Lipinski definition) is 1. The number of benzene rings is 1. The van der Waals surface area contributed by atoms with Crippen molar-refractivity contribution >= 4 is 17.4 Å². The van der Waals surface area contributed by atoms with Crippen LogP contribution in [0.3, 0.4) is 0 Å². The first-order valence-corrected chi connectivity index (χ1v) is 11.0. The van der Waals surface area contributed by atoms with Crippen molar-refractivity contribution in [3.05, 3.63) is 109 Å². The Morgan fingerprint density at radius 2 is 1.75 bits per heavy atom. The molecule has 174 valence electrons. The van der Waals surface area contributed by atoms with Crippen LogP contribution in [0.1, 0.15) is 10.4 Å². The van der Waals surface area contributed by atoms with Gasteiger partial charge in [-0.05, 0) is 60.7 Å². The zero-order valence-electron chi connectivity index (χ0n) is 18.7. The van der Waals surface area contributed by atoms with Crippen molar-refractivity contribution in [2.24, 2.45) is 0 Å². The smallest absolute Gasteiger partial charge is 0.256 e. The molecule has 0 atom stereocenters. The molecular formula is C26H17FN8O. The highest BCUT2D eigenvalue weighted by atomic mass is 19.1. The summed E-state index contributed by atoms with van der Waals surface area (Å²) in [7, 11) is 0. The number of carbonyl (C=O) groups excluding carboxylic acids is 1. The van der Waals surface area contributed by atoms with E-state index in [2.05, 4.69) is 25.3 Å². The summed E-state index contributed by atoms with van der Waals surface area (Å²) in [6.07, 6.45) is 9.85. The Kier molecular flexibility index (Phi) is 5.23. The van der Waals surface area contributed by atoms with Crippen molar-refractivity contribution in [3.8, 4) is 28.3 Å². The number of hydrogen-bond acceptors (Lipinski definition) is 6. The van der Waals surface area contributed by atoms with Crippen molar-refractivity contribution in [3.63, 3.8) is 0 Å².